The van der Waals surface area contributed by atoms with Crippen LogP contribution in [0.4, 0.5) is 0 Å². The Morgan fingerprint density at radius 3 is 2.57 bits per heavy atom. The minimum Gasteiger partial charge on any atom is -0.353 e. The third-order valence-electron chi connectivity index (χ3n) is 5.21. The van der Waals surface area contributed by atoms with Crippen LogP contribution >= 0.6 is 0 Å². The van der Waals surface area contributed by atoms with Crippen LogP contribution in [-0.2, 0) is 4.79 Å². The largest absolute Gasteiger partial charge is 0.353 e. The summed E-state index contributed by atoms with van der Waals surface area (Å²) in [5, 5.41) is 9.42. The Labute approximate surface area is 137 Å². The normalized spacial score (nSPS) is 24.9. The number of hydrogen-bond acceptors (Lipinski definition) is 2. The van der Waals surface area contributed by atoms with Gasteiger partial charge in [0, 0.05) is 24.0 Å². The lowest BCUT2D eigenvalue weighted by molar-refractivity contribution is -0.128. The Morgan fingerprint density at radius 1 is 1.04 bits per heavy atom. The fourth-order valence-electron chi connectivity index (χ4n) is 3.59. The molecule has 0 aliphatic heterocycles. The van der Waals surface area contributed by atoms with E-state index in [2.05, 4.69) is 60.0 Å². The van der Waals surface area contributed by atoms with Gasteiger partial charge in [0.2, 0.25) is 5.91 Å². The first-order chi connectivity index (χ1) is 11.2. The first-order valence-corrected chi connectivity index (χ1v) is 8.75. The summed E-state index contributed by atoms with van der Waals surface area (Å²) in [7, 11) is 0. The van der Waals surface area contributed by atoms with Gasteiger partial charge in [0.15, 0.2) is 0 Å². The van der Waals surface area contributed by atoms with Gasteiger partial charge in [-0.2, -0.15) is 0 Å². The van der Waals surface area contributed by atoms with Gasteiger partial charge >= 0.3 is 0 Å². The van der Waals surface area contributed by atoms with Gasteiger partial charge in [0.1, 0.15) is 0 Å². The molecule has 0 aromatic heterocycles. The molecule has 2 aliphatic rings. The van der Waals surface area contributed by atoms with Crippen molar-refractivity contribution in [3.8, 4) is 0 Å². The Morgan fingerprint density at radius 2 is 1.78 bits per heavy atom. The number of rotatable bonds is 5. The summed E-state index contributed by atoms with van der Waals surface area (Å²) < 4.78 is 0. The molecule has 2 aromatic carbocycles. The van der Waals surface area contributed by atoms with Crippen molar-refractivity contribution >= 4 is 16.7 Å². The van der Waals surface area contributed by atoms with Gasteiger partial charge in [0.05, 0.1) is 0 Å². The molecule has 1 atom stereocenters. The lowest BCUT2D eigenvalue weighted by Gasteiger charge is -2.37. The second-order valence-corrected chi connectivity index (χ2v) is 7.10. The Balaban J connectivity index is 1.37. The molecular weight excluding hydrogens is 284 g/mol. The fraction of sp³-hybridized carbons (Fsp3) is 0.450. The van der Waals surface area contributed by atoms with Crippen molar-refractivity contribution in [2.75, 3.05) is 0 Å². The predicted molar refractivity (Wildman–Crippen MR) is 93.2 cm³/mol. The lowest BCUT2D eigenvalue weighted by atomic mass is 9.79. The van der Waals surface area contributed by atoms with E-state index in [0.29, 0.717) is 18.1 Å². The van der Waals surface area contributed by atoms with E-state index in [-0.39, 0.29) is 11.8 Å². The van der Waals surface area contributed by atoms with Crippen molar-refractivity contribution in [2.45, 2.75) is 50.7 Å². The predicted octanol–water partition coefficient (Wildman–Crippen LogP) is 3.55. The van der Waals surface area contributed by atoms with Crippen molar-refractivity contribution in [1.82, 2.24) is 10.6 Å². The van der Waals surface area contributed by atoms with Gasteiger partial charge in [-0.1, -0.05) is 42.5 Å². The molecule has 0 heterocycles. The Hall–Kier alpha value is -1.87. The number of carbonyl (C=O) groups excluding carboxylic acids is 1. The summed E-state index contributed by atoms with van der Waals surface area (Å²) in [6.07, 6.45) is 4.26. The number of amides is 1. The van der Waals surface area contributed by atoms with Crippen LogP contribution in [0.25, 0.3) is 10.8 Å². The van der Waals surface area contributed by atoms with E-state index in [1.807, 2.05) is 0 Å². The summed E-state index contributed by atoms with van der Waals surface area (Å²) in [5.74, 6) is 0.483. The van der Waals surface area contributed by atoms with Crippen molar-refractivity contribution in [2.24, 2.45) is 5.92 Å². The maximum Gasteiger partial charge on any atom is 0.223 e. The summed E-state index contributed by atoms with van der Waals surface area (Å²) in [5.41, 5.74) is 1.34. The van der Waals surface area contributed by atoms with E-state index < -0.39 is 0 Å². The van der Waals surface area contributed by atoms with E-state index in [0.717, 1.165) is 25.7 Å². The SMILES string of the molecule is C[C@@H](NC1CC(C(=O)NC2CC2)C1)c1cccc2ccccc12. The minimum atomic E-state index is 0.216. The quantitative estimate of drug-likeness (QED) is 0.887. The third-order valence-corrected chi connectivity index (χ3v) is 5.21. The van der Waals surface area contributed by atoms with E-state index in [4.69, 9.17) is 0 Å². The van der Waals surface area contributed by atoms with Crippen LogP contribution in [0.2, 0.25) is 0 Å². The number of benzene rings is 2. The molecule has 0 spiro atoms. The van der Waals surface area contributed by atoms with Gasteiger partial charge in [-0.15, -0.1) is 0 Å². The standard InChI is InChI=1S/C20H24N2O/c1-13(18-8-4-6-14-5-2-3-7-19(14)18)21-17-11-15(12-17)20(23)22-16-9-10-16/h2-8,13,15-17,21H,9-12H2,1H3,(H,22,23)/t13-,15?,17?/m1/s1. The summed E-state index contributed by atoms with van der Waals surface area (Å²) >= 11 is 0. The highest BCUT2D eigenvalue weighted by molar-refractivity contribution is 5.86. The molecule has 0 bridgehead atoms. The molecule has 2 aliphatic carbocycles. The molecule has 2 fully saturated rings. The molecule has 4 rings (SSSR count). The highest BCUT2D eigenvalue weighted by Gasteiger charge is 2.37. The van der Waals surface area contributed by atoms with E-state index in [9.17, 15) is 4.79 Å². The molecule has 120 valence electrons. The van der Waals surface area contributed by atoms with Gasteiger partial charge in [-0.25, -0.2) is 0 Å². The van der Waals surface area contributed by atoms with Crippen molar-refractivity contribution in [3.05, 3.63) is 48.0 Å². The molecule has 3 nitrogen and oxygen atoms in total. The summed E-state index contributed by atoms with van der Waals surface area (Å²) in [6, 6.07) is 16.3. The Kier molecular flexibility index (Phi) is 3.82. The van der Waals surface area contributed by atoms with E-state index in [1.165, 1.54) is 16.3 Å². The molecule has 23 heavy (non-hydrogen) atoms. The molecule has 2 aromatic rings. The first-order valence-electron chi connectivity index (χ1n) is 8.75. The van der Waals surface area contributed by atoms with Crippen LogP contribution in [-0.4, -0.2) is 18.0 Å². The highest BCUT2D eigenvalue weighted by Crippen LogP contribution is 2.32. The average molecular weight is 308 g/mol. The maximum absolute atomic E-state index is 12.0. The fourth-order valence-corrected chi connectivity index (χ4v) is 3.59. The van der Waals surface area contributed by atoms with Crippen LogP contribution in [0.1, 0.15) is 44.2 Å². The molecule has 2 saturated carbocycles. The van der Waals surface area contributed by atoms with Crippen LogP contribution in [0.5, 0.6) is 0 Å². The lowest BCUT2D eigenvalue weighted by Crippen LogP contribution is -2.48. The van der Waals surface area contributed by atoms with Crippen LogP contribution in [0.3, 0.4) is 0 Å². The van der Waals surface area contributed by atoms with Crippen molar-refractivity contribution in [1.29, 1.82) is 0 Å². The van der Waals surface area contributed by atoms with Crippen LogP contribution < -0.4 is 10.6 Å². The number of carbonyl (C=O) groups is 1. The third kappa shape index (κ3) is 3.11. The summed E-state index contributed by atoms with van der Waals surface area (Å²) in [6.45, 7) is 2.22. The van der Waals surface area contributed by atoms with Gasteiger partial charge in [-0.05, 0) is 48.9 Å². The van der Waals surface area contributed by atoms with E-state index in [1.54, 1.807) is 0 Å². The number of nitrogens with one attached hydrogen (secondary N) is 2. The van der Waals surface area contributed by atoms with Gasteiger partial charge < -0.3 is 10.6 Å². The number of fused-ring (bicyclic) bond motifs is 1. The smallest absolute Gasteiger partial charge is 0.223 e. The molecule has 2 N–H and O–H groups in total. The molecular formula is C20H24N2O. The van der Waals surface area contributed by atoms with Gasteiger partial charge in [-0.3, -0.25) is 4.79 Å². The monoisotopic (exact) mass is 308 g/mol. The average Bonchev–Trinajstić information content (AvgIpc) is 3.33. The minimum absolute atomic E-state index is 0.216. The summed E-state index contributed by atoms with van der Waals surface area (Å²) in [4.78, 5) is 12.0. The molecule has 1 amide bonds. The molecule has 0 radical (unpaired) electrons. The molecule has 3 heteroatoms. The topological polar surface area (TPSA) is 41.1 Å². The molecule has 0 unspecified atom stereocenters. The first kappa shape index (κ1) is 14.7. The zero-order valence-corrected chi connectivity index (χ0v) is 13.6. The van der Waals surface area contributed by atoms with Crippen LogP contribution in [0.15, 0.2) is 42.5 Å². The second kappa shape index (κ2) is 5.97. The molecule has 0 saturated heterocycles. The van der Waals surface area contributed by atoms with Crippen molar-refractivity contribution < 1.29 is 4.79 Å². The van der Waals surface area contributed by atoms with Gasteiger partial charge in [0.25, 0.3) is 0 Å². The zero-order valence-electron chi connectivity index (χ0n) is 13.6. The van der Waals surface area contributed by atoms with E-state index >= 15 is 0 Å². The highest BCUT2D eigenvalue weighted by atomic mass is 16.2. The number of hydrogen-bond donors (Lipinski definition) is 2. The second-order valence-electron chi connectivity index (χ2n) is 7.10. The zero-order chi connectivity index (χ0) is 15.8. The van der Waals surface area contributed by atoms with Crippen LogP contribution in [0, 0.1) is 5.92 Å². The maximum atomic E-state index is 12.0. The Bertz CT molecular complexity index is 711. The van der Waals surface area contributed by atoms with Crippen molar-refractivity contribution in [3.63, 3.8) is 0 Å².